The number of hydrogen-bond acceptors (Lipinski definition) is 5. The Labute approximate surface area is 151 Å². The topological polar surface area (TPSA) is 107 Å². The van der Waals surface area contributed by atoms with Crippen molar-refractivity contribution in [1.82, 2.24) is 4.90 Å². The maximum atomic E-state index is 12.6. The normalized spacial score (nSPS) is 11.6. The number of nitro groups is 2. The minimum atomic E-state index is -0.579. The van der Waals surface area contributed by atoms with Crippen LogP contribution in [0.3, 0.4) is 0 Å². The van der Waals surface area contributed by atoms with Gasteiger partial charge in [0.2, 0.25) is 0 Å². The van der Waals surface area contributed by atoms with E-state index in [1.807, 2.05) is 0 Å². The van der Waals surface area contributed by atoms with E-state index in [4.69, 9.17) is 0 Å². The zero-order valence-electron chi connectivity index (χ0n) is 13.4. The minimum absolute atomic E-state index is 0.0653. The maximum Gasteiger partial charge on any atom is 0.284 e. The van der Waals surface area contributed by atoms with E-state index in [1.165, 1.54) is 35.2 Å². The van der Waals surface area contributed by atoms with Crippen molar-refractivity contribution >= 4 is 33.2 Å². The van der Waals surface area contributed by atoms with E-state index in [9.17, 15) is 25.0 Å². The lowest BCUT2D eigenvalue weighted by Crippen LogP contribution is -2.29. The van der Waals surface area contributed by atoms with Crippen LogP contribution < -0.4 is 0 Å². The van der Waals surface area contributed by atoms with Gasteiger partial charge in [-0.3, -0.25) is 25.0 Å². The summed E-state index contributed by atoms with van der Waals surface area (Å²) in [7, 11) is 1.54. The third-order valence-electron chi connectivity index (χ3n) is 3.85. The molecule has 1 amide bonds. The van der Waals surface area contributed by atoms with E-state index in [0.717, 1.165) is 0 Å². The molecule has 0 unspecified atom stereocenters. The summed E-state index contributed by atoms with van der Waals surface area (Å²) in [4.78, 5) is 34.8. The van der Waals surface area contributed by atoms with Crippen LogP contribution in [0.2, 0.25) is 0 Å². The zero-order valence-corrected chi connectivity index (χ0v) is 15.0. The number of amides is 1. The number of benzene rings is 2. The monoisotopic (exact) mass is 407 g/mol. The van der Waals surface area contributed by atoms with E-state index >= 15 is 0 Å². The van der Waals surface area contributed by atoms with Crippen LogP contribution in [0.4, 0.5) is 11.4 Å². The summed E-state index contributed by atoms with van der Waals surface area (Å²) in [5, 5.41) is 21.9. The van der Waals surface area contributed by atoms with Gasteiger partial charge < -0.3 is 4.90 Å². The predicted octanol–water partition coefficient (Wildman–Crippen LogP) is 4.10. The van der Waals surface area contributed by atoms with Crippen LogP contribution in [-0.4, -0.2) is 27.7 Å². The first-order valence-corrected chi connectivity index (χ1v) is 7.97. The molecule has 0 heterocycles. The molecule has 0 radical (unpaired) electrons. The van der Waals surface area contributed by atoms with Crippen molar-refractivity contribution in [3.63, 3.8) is 0 Å². The second-order valence-corrected chi connectivity index (χ2v) is 6.22. The van der Waals surface area contributed by atoms with Gasteiger partial charge in [0.05, 0.1) is 20.4 Å². The average Bonchev–Trinajstić information content (AvgIpc) is 2.60. The van der Waals surface area contributed by atoms with Crippen molar-refractivity contribution in [1.29, 1.82) is 0 Å². The lowest BCUT2D eigenvalue weighted by atomic mass is 10.1. The first-order valence-electron chi connectivity index (χ1n) is 7.18. The summed E-state index contributed by atoms with van der Waals surface area (Å²) >= 11 is 3.07. The van der Waals surface area contributed by atoms with E-state index < -0.39 is 21.8 Å². The fourth-order valence-corrected chi connectivity index (χ4v) is 2.68. The number of non-ortho nitro benzene ring substituents is 1. The molecule has 0 fully saturated rings. The summed E-state index contributed by atoms with van der Waals surface area (Å²) in [5.74, 6) is -0.422. The number of nitrogens with zero attached hydrogens (tertiary/aromatic N) is 3. The van der Waals surface area contributed by atoms with Gasteiger partial charge in [-0.15, -0.1) is 0 Å². The molecule has 0 aliphatic rings. The Morgan fingerprint density at radius 1 is 1.12 bits per heavy atom. The zero-order chi connectivity index (χ0) is 18.7. The number of halogens is 1. The Hall–Kier alpha value is -2.81. The first-order chi connectivity index (χ1) is 11.7. The van der Waals surface area contributed by atoms with Gasteiger partial charge in [-0.05, 0) is 40.5 Å². The Bertz CT molecular complexity index is 855. The molecule has 2 aromatic rings. The molecule has 1 atom stereocenters. The van der Waals surface area contributed by atoms with Crippen LogP contribution in [0.15, 0.2) is 46.9 Å². The van der Waals surface area contributed by atoms with E-state index in [1.54, 1.807) is 26.1 Å². The Balaban J connectivity index is 2.30. The molecule has 0 aromatic heterocycles. The van der Waals surface area contributed by atoms with Gasteiger partial charge in [-0.25, -0.2) is 0 Å². The molecule has 8 nitrogen and oxygen atoms in total. The smallest absolute Gasteiger partial charge is 0.284 e. The quantitative estimate of drug-likeness (QED) is 0.547. The maximum absolute atomic E-state index is 12.6. The van der Waals surface area contributed by atoms with Gasteiger partial charge in [-0.2, -0.15) is 0 Å². The molecule has 0 N–H and O–H groups in total. The number of carbonyl (C=O) groups is 1. The fraction of sp³-hybridized carbons (Fsp3) is 0.188. The molecule has 25 heavy (non-hydrogen) atoms. The van der Waals surface area contributed by atoms with Crippen LogP contribution in [0.25, 0.3) is 0 Å². The summed E-state index contributed by atoms with van der Waals surface area (Å²) in [6.45, 7) is 1.73. The lowest BCUT2D eigenvalue weighted by molar-refractivity contribution is -0.385. The molecule has 0 aliphatic carbocycles. The third-order valence-corrected chi connectivity index (χ3v) is 4.53. The van der Waals surface area contributed by atoms with E-state index in [0.29, 0.717) is 5.56 Å². The fourth-order valence-electron chi connectivity index (χ4n) is 2.29. The molecule has 130 valence electrons. The van der Waals surface area contributed by atoms with Gasteiger partial charge in [0, 0.05) is 30.8 Å². The second-order valence-electron chi connectivity index (χ2n) is 5.37. The average molecular weight is 408 g/mol. The highest BCUT2D eigenvalue weighted by molar-refractivity contribution is 9.10. The van der Waals surface area contributed by atoms with Crippen LogP contribution in [0, 0.1) is 20.2 Å². The van der Waals surface area contributed by atoms with Crippen molar-refractivity contribution in [3.05, 3.63) is 78.3 Å². The molecule has 2 aromatic carbocycles. The first kappa shape index (κ1) is 18.5. The second kappa shape index (κ2) is 7.39. The van der Waals surface area contributed by atoms with Gasteiger partial charge in [0.15, 0.2) is 0 Å². The molecule has 0 bridgehead atoms. The summed E-state index contributed by atoms with van der Waals surface area (Å²) in [6.07, 6.45) is 0. The summed E-state index contributed by atoms with van der Waals surface area (Å²) in [6, 6.07) is 9.68. The molecular weight excluding hydrogens is 394 g/mol. The van der Waals surface area contributed by atoms with Gasteiger partial charge in [0.25, 0.3) is 17.3 Å². The minimum Gasteiger partial charge on any atom is -0.335 e. The Morgan fingerprint density at radius 2 is 1.80 bits per heavy atom. The summed E-state index contributed by atoms with van der Waals surface area (Å²) < 4.78 is 0.281. The molecular formula is C16H14BrN3O5. The van der Waals surface area contributed by atoms with Crippen LogP contribution in [-0.2, 0) is 0 Å². The molecule has 0 aliphatic heterocycles. The SMILES string of the molecule is C[C@H](c1cccc([N+](=O)[O-])c1)N(C)C(=O)c1ccc(Br)c([N+](=O)[O-])c1. The highest BCUT2D eigenvalue weighted by Crippen LogP contribution is 2.28. The van der Waals surface area contributed by atoms with Crippen molar-refractivity contribution in [2.75, 3.05) is 7.05 Å². The molecule has 0 saturated carbocycles. The van der Waals surface area contributed by atoms with Crippen molar-refractivity contribution in [2.24, 2.45) is 0 Å². The number of hydrogen-bond donors (Lipinski definition) is 0. The molecule has 0 saturated heterocycles. The van der Waals surface area contributed by atoms with Crippen LogP contribution >= 0.6 is 15.9 Å². The van der Waals surface area contributed by atoms with Crippen LogP contribution in [0.5, 0.6) is 0 Å². The standard InChI is InChI=1S/C16H14BrN3O5/c1-10(11-4-3-5-13(8-11)19(22)23)18(2)16(21)12-6-7-14(17)15(9-12)20(24)25/h3-10H,1-2H3/t10-/m1/s1. The Kier molecular flexibility index (Phi) is 5.48. The number of carbonyl (C=O) groups excluding carboxylic acids is 1. The lowest BCUT2D eigenvalue weighted by Gasteiger charge is -2.25. The third kappa shape index (κ3) is 4.00. The van der Waals surface area contributed by atoms with Crippen molar-refractivity contribution in [3.8, 4) is 0 Å². The summed E-state index contributed by atoms with van der Waals surface area (Å²) in [5.41, 5.74) is 0.484. The highest BCUT2D eigenvalue weighted by Gasteiger charge is 2.23. The largest absolute Gasteiger partial charge is 0.335 e. The predicted molar refractivity (Wildman–Crippen MR) is 94.4 cm³/mol. The molecule has 0 spiro atoms. The van der Waals surface area contributed by atoms with Crippen molar-refractivity contribution < 1.29 is 14.6 Å². The van der Waals surface area contributed by atoms with Crippen molar-refractivity contribution in [2.45, 2.75) is 13.0 Å². The van der Waals surface area contributed by atoms with Crippen LogP contribution in [0.1, 0.15) is 28.9 Å². The van der Waals surface area contributed by atoms with Gasteiger partial charge in [-0.1, -0.05) is 12.1 Å². The molecule has 9 heteroatoms. The van der Waals surface area contributed by atoms with E-state index in [2.05, 4.69) is 15.9 Å². The van der Waals surface area contributed by atoms with Gasteiger partial charge in [0.1, 0.15) is 0 Å². The van der Waals surface area contributed by atoms with Gasteiger partial charge >= 0.3 is 0 Å². The molecule has 2 rings (SSSR count). The number of rotatable bonds is 5. The Morgan fingerprint density at radius 3 is 2.40 bits per heavy atom. The van der Waals surface area contributed by atoms with E-state index in [-0.39, 0.29) is 21.4 Å². The number of nitro benzene ring substituents is 2. The highest BCUT2D eigenvalue weighted by atomic mass is 79.9.